The maximum Gasteiger partial charge on any atom is 0.222 e. The van der Waals surface area contributed by atoms with Crippen LogP contribution in [0.25, 0.3) is 22.4 Å². The first-order valence-corrected chi connectivity index (χ1v) is 7.24. The molecule has 0 spiro atoms. The SMILES string of the molecule is Cc1ccc(-c2cccc(-c3nc(Cl)ncc3Cl)c2)cc1. The standard InChI is InChI=1S/C17H12Cl2N2/c1-11-5-7-12(8-6-11)13-3-2-4-14(9-13)16-15(18)10-20-17(19)21-16/h2-10H,1H3. The predicted octanol–water partition coefficient (Wildman–Crippen LogP) is 5.43. The second-order valence-electron chi connectivity index (χ2n) is 4.78. The molecule has 2 aromatic carbocycles. The van der Waals surface area contributed by atoms with Crippen LogP contribution in [0.1, 0.15) is 5.56 Å². The Hall–Kier alpha value is -1.90. The van der Waals surface area contributed by atoms with Crippen LogP contribution in [0.4, 0.5) is 0 Å². The van der Waals surface area contributed by atoms with Gasteiger partial charge in [0.1, 0.15) is 0 Å². The summed E-state index contributed by atoms with van der Waals surface area (Å²) < 4.78 is 0. The Morgan fingerprint density at radius 2 is 1.57 bits per heavy atom. The van der Waals surface area contributed by atoms with Gasteiger partial charge in [0, 0.05) is 5.56 Å². The Balaban J connectivity index is 2.08. The molecular weight excluding hydrogens is 303 g/mol. The number of benzene rings is 2. The highest BCUT2D eigenvalue weighted by molar-refractivity contribution is 6.33. The van der Waals surface area contributed by atoms with Gasteiger partial charge in [0.05, 0.1) is 16.9 Å². The zero-order valence-corrected chi connectivity index (χ0v) is 12.9. The van der Waals surface area contributed by atoms with Crippen LogP contribution in [-0.2, 0) is 0 Å². The molecule has 3 aromatic rings. The molecule has 0 N–H and O–H groups in total. The monoisotopic (exact) mass is 314 g/mol. The van der Waals surface area contributed by atoms with E-state index in [9.17, 15) is 0 Å². The third-order valence-corrected chi connectivity index (χ3v) is 3.69. The van der Waals surface area contributed by atoms with E-state index in [4.69, 9.17) is 23.2 Å². The van der Waals surface area contributed by atoms with Crippen LogP contribution < -0.4 is 0 Å². The maximum atomic E-state index is 6.17. The van der Waals surface area contributed by atoms with Crippen molar-refractivity contribution in [1.29, 1.82) is 0 Å². The van der Waals surface area contributed by atoms with Gasteiger partial charge < -0.3 is 0 Å². The van der Waals surface area contributed by atoms with E-state index in [1.165, 1.54) is 11.8 Å². The molecule has 0 aliphatic rings. The molecule has 1 aromatic heterocycles. The first kappa shape index (κ1) is 14.1. The zero-order valence-electron chi connectivity index (χ0n) is 11.3. The average Bonchev–Trinajstić information content (AvgIpc) is 2.50. The number of halogens is 2. The quantitative estimate of drug-likeness (QED) is 0.590. The molecule has 0 atom stereocenters. The van der Waals surface area contributed by atoms with Crippen molar-refractivity contribution in [3.8, 4) is 22.4 Å². The Kier molecular flexibility index (Phi) is 3.91. The normalized spacial score (nSPS) is 10.6. The Morgan fingerprint density at radius 1 is 0.857 bits per heavy atom. The van der Waals surface area contributed by atoms with Gasteiger partial charge in [0.2, 0.25) is 5.28 Å². The van der Waals surface area contributed by atoms with E-state index in [0.717, 1.165) is 16.7 Å². The van der Waals surface area contributed by atoms with E-state index < -0.39 is 0 Å². The summed E-state index contributed by atoms with van der Waals surface area (Å²) in [6, 6.07) is 16.4. The lowest BCUT2D eigenvalue weighted by Gasteiger charge is -2.07. The summed E-state index contributed by atoms with van der Waals surface area (Å²) in [4.78, 5) is 8.09. The van der Waals surface area contributed by atoms with E-state index in [0.29, 0.717) is 10.7 Å². The number of hydrogen-bond donors (Lipinski definition) is 0. The Bertz CT molecular complexity index is 783. The minimum Gasteiger partial charge on any atom is -0.225 e. The van der Waals surface area contributed by atoms with Gasteiger partial charge in [-0.1, -0.05) is 59.6 Å². The molecule has 0 radical (unpaired) electrons. The lowest BCUT2D eigenvalue weighted by Crippen LogP contribution is -1.89. The van der Waals surface area contributed by atoms with Crippen LogP contribution in [0.2, 0.25) is 10.3 Å². The maximum absolute atomic E-state index is 6.17. The van der Waals surface area contributed by atoms with Gasteiger partial charge in [-0.3, -0.25) is 0 Å². The van der Waals surface area contributed by atoms with Gasteiger partial charge in [-0.05, 0) is 35.7 Å². The van der Waals surface area contributed by atoms with Gasteiger partial charge in [0.25, 0.3) is 0 Å². The highest BCUT2D eigenvalue weighted by Crippen LogP contribution is 2.30. The third-order valence-electron chi connectivity index (χ3n) is 3.24. The van der Waals surface area contributed by atoms with Crippen LogP contribution in [0.3, 0.4) is 0 Å². The van der Waals surface area contributed by atoms with Gasteiger partial charge in [-0.25, -0.2) is 9.97 Å². The number of hydrogen-bond acceptors (Lipinski definition) is 2. The fraction of sp³-hybridized carbons (Fsp3) is 0.0588. The lowest BCUT2D eigenvalue weighted by atomic mass is 10.0. The minimum atomic E-state index is 0.190. The third kappa shape index (κ3) is 3.07. The van der Waals surface area contributed by atoms with E-state index in [1.807, 2.05) is 12.1 Å². The Labute approximate surface area is 133 Å². The summed E-state index contributed by atoms with van der Waals surface area (Å²) in [7, 11) is 0. The summed E-state index contributed by atoms with van der Waals surface area (Å²) in [5.74, 6) is 0. The molecule has 0 amide bonds. The summed E-state index contributed by atoms with van der Waals surface area (Å²) in [6.07, 6.45) is 1.52. The highest BCUT2D eigenvalue weighted by atomic mass is 35.5. The van der Waals surface area contributed by atoms with E-state index in [-0.39, 0.29) is 5.28 Å². The van der Waals surface area contributed by atoms with Crippen LogP contribution in [0.15, 0.2) is 54.7 Å². The van der Waals surface area contributed by atoms with Crippen molar-refractivity contribution in [2.24, 2.45) is 0 Å². The first-order chi connectivity index (χ1) is 10.1. The second-order valence-corrected chi connectivity index (χ2v) is 5.53. The lowest BCUT2D eigenvalue weighted by molar-refractivity contribution is 1.17. The number of aromatic nitrogens is 2. The highest BCUT2D eigenvalue weighted by Gasteiger charge is 2.08. The van der Waals surface area contributed by atoms with Crippen LogP contribution >= 0.6 is 23.2 Å². The van der Waals surface area contributed by atoms with Crippen molar-refractivity contribution in [2.75, 3.05) is 0 Å². The number of aryl methyl sites for hydroxylation is 1. The first-order valence-electron chi connectivity index (χ1n) is 6.49. The summed E-state index contributed by atoms with van der Waals surface area (Å²) in [6.45, 7) is 2.07. The molecule has 0 saturated carbocycles. The average molecular weight is 315 g/mol. The van der Waals surface area contributed by atoms with Crippen molar-refractivity contribution in [3.05, 3.63) is 70.6 Å². The fourth-order valence-corrected chi connectivity index (χ4v) is 2.47. The molecule has 1 heterocycles. The van der Waals surface area contributed by atoms with Crippen molar-refractivity contribution < 1.29 is 0 Å². The molecule has 3 rings (SSSR count). The zero-order chi connectivity index (χ0) is 14.8. The van der Waals surface area contributed by atoms with Crippen LogP contribution in [0, 0.1) is 6.92 Å². The number of nitrogens with zero attached hydrogens (tertiary/aromatic N) is 2. The molecule has 0 fully saturated rings. The largest absolute Gasteiger partial charge is 0.225 e. The van der Waals surface area contributed by atoms with Crippen molar-refractivity contribution in [2.45, 2.75) is 6.92 Å². The van der Waals surface area contributed by atoms with E-state index >= 15 is 0 Å². The molecule has 21 heavy (non-hydrogen) atoms. The van der Waals surface area contributed by atoms with E-state index in [2.05, 4.69) is 53.3 Å². The van der Waals surface area contributed by atoms with E-state index in [1.54, 1.807) is 0 Å². The van der Waals surface area contributed by atoms with Gasteiger partial charge in [0.15, 0.2) is 0 Å². The molecular formula is C17H12Cl2N2. The van der Waals surface area contributed by atoms with Crippen LogP contribution in [-0.4, -0.2) is 9.97 Å². The van der Waals surface area contributed by atoms with Crippen molar-refractivity contribution in [1.82, 2.24) is 9.97 Å². The Morgan fingerprint density at radius 3 is 2.33 bits per heavy atom. The molecule has 104 valence electrons. The van der Waals surface area contributed by atoms with Crippen LogP contribution in [0.5, 0.6) is 0 Å². The molecule has 0 unspecified atom stereocenters. The smallest absolute Gasteiger partial charge is 0.222 e. The minimum absolute atomic E-state index is 0.190. The topological polar surface area (TPSA) is 25.8 Å². The molecule has 0 saturated heterocycles. The van der Waals surface area contributed by atoms with Gasteiger partial charge in [-0.2, -0.15) is 0 Å². The number of rotatable bonds is 2. The van der Waals surface area contributed by atoms with Crippen molar-refractivity contribution >= 4 is 23.2 Å². The van der Waals surface area contributed by atoms with Gasteiger partial charge in [-0.15, -0.1) is 0 Å². The van der Waals surface area contributed by atoms with Gasteiger partial charge >= 0.3 is 0 Å². The summed E-state index contributed by atoms with van der Waals surface area (Å²) in [5.41, 5.74) is 5.06. The second kappa shape index (κ2) is 5.84. The summed E-state index contributed by atoms with van der Waals surface area (Å²) >= 11 is 12.0. The van der Waals surface area contributed by atoms with Crippen molar-refractivity contribution in [3.63, 3.8) is 0 Å². The molecule has 4 heteroatoms. The molecule has 0 bridgehead atoms. The molecule has 2 nitrogen and oxygen atoms in total. The molecule has 0 aliphatic heterocycles. The summed E-state index contributed by atoms with van der Waals surface area (Å²) in [5, 5.41) is 0.676. The predicted molar refractivity (Wildman–Crippen MR) is 87.7 cm³/mol. The fourth-order valence-electron chi connectivity index (χ4n) is 2.14. The molecule has 0 aliphatic carbocycles.